The van der Waals surface area contributed by atoms with E-state index in [0.717, 1.165) is 5.56 Å². The number of rotatable bonds is 6. The number of nitrogens with zero attached hydrogens (tertiary/aromatic N) is 2. The number of amides is 2. The van der Waals surface area contributed by atoms with Crippen LogP contribution in [0.5, 0.6) is 0 Å². The molecule has 3 N–H and O–H groups in total. The lowest BCUT2D eigenvalue weighted by atomic mass is 10.2. The molecule has 2 amide bonds. The number of hydroxylamine groups is 1. The van der Waals surface area contributed by atoms with Gasteiger partial charge in [-0.3, -0.25) is 14.8 Å². The van der Waals surface area contributed by atoms with Crippen LogP contribution in [0.1, 0.15) is 23.4 Å². The average molecular weight is 318 g/mol. The van der Waals surface area contributed by atoms with Crippen molar-refractivity contribution in [1.82, 2.24) is 15.7 Å². The van der Waals surface area contributed by atoms with Crippen molar-refractivity contribution in [2.75, 3.05) is 5.32 Å². The number of carbonyl (C=O) groups excluding carboxylic acids is 2. The zero-order valence-electron chi connectivity index (χ0n) is 11.5. The molecule has 0 aliphatic carbocycles. The maximum atomic E-state index is 11.6. The molecular formula is C14H14N4O3S. The molecule has 7 nitrogen and oxygen atoms in total. The summed E-state index contributed by atoms with van der Waals surface area (Å²) in [6.07, 6.45) is 3.57. The summed E-state index contributed by atoms with van der Waals surface area (Å²) in [7, 11) is 0. The molecule has 2 rings (SSSR count). The standard InChI is InChI=1S/C14H14N4O3S/c19-11(7-8-12(20)18-21)15-14-17-16-13(22-14)9-6-10-4-2-1-3-5-10/h1-6,9,21H,7-8H2,(H,18,20)(H,15,17,19)/b9-6+. The third-order valence-electron chi connectivity index (χ3n) is 2.61. The molecule has 1 heterocycles. The fourth-order valence-electron chi connectivity index (χ4n) is 1.55. The van der Waals surface area contributed by atoms with E-state index in [9.17, 15) is 9.59 Å². The van der Waals surface area contributed by atoms with Crippen molar-refractivity contribution in [3.63, 3.8) is 0 Å². The summed E-state index contributed by atoms with van der Waals surface area (Å²) in [6.45, 7) is 0. The highest BCUT2D eigenvalue weighted by molar-refractivity contribution is 7.16. The van der Waals surface area contributed by atoms with E-state index in [4.69, 9.17) is 5.21 Å². The Balaban J connectivity index is 1.87. The normalized spacial score (nSPS) is 10.6. The van der Waals surface area contributed by atoms with E-state index in [-0.39, 0.29) is 18.7 Å². The first-order valence-corrected chi connectivity index (χ1v) is 7.28. The second-order valence-electron chi connectivity index (χ2n) is 4.27. The summed E-state index contributed by atoms with van der Waals surface area (Å²) in [6, 6.07) is 9.74. The summed E-state index contributed by atoms with van der Waals surface area (Å²) in [5.74, 6) is -0.975. The highest BCUT2D eigenvalue weighted by Crippen LogP contribution is 2.18. The van der Waals surface area contributed by atoms with Crippen LogP contribution in [0.4, 0.5) is 5.13 Å². The highest BCUT2D eigenvalue weighted by atomic mass is 32.1. The van der Waals surface area contributed by atoms with Gasteiger partial charge in [0.15, 0.2) is 0 Å². The number of aromatic nitrogens is 2. The fraction of sp³-hybridized carbons (Fsp3) is 0.143. The minimum atomic E-state index is -0.612. The van der Waals surface area contributed by atoms with E-state index in [2.05, 4.69) is 15.5 Å². The van der Waals surface area contributed by atoms with E-state index >= 15 is 0 Å². The van der Waals surface area contributed by atoms with Crippen LogP contribution in [0.15, 0.2) is 30.3 Å². The average Bonchev–Trinajstić information content (AvgIpc) is 2.99. The summed E-state index contributed by atoms with van der Waals surface area (Å²) < 4.78 is 0. The van der Waals surface area contributed by atoms with Gasteiger partial charge in [-0.15, -0.1) is 10.2 Å². The summed E-state index contributed by atoms with van der Waals surface area (Å²) in [4.78, 5) is 22.4. The van der Waals surface area contributed by atoms with Crippen LogP contribution in [0.3, 0.4) is 0 Å². The van der Waals surface area contributed by atoms with Crippen molar-refractivity contribution in [3.8, 4) is 0 Å². The van der Waals surface area contributed by atoms with Crippen molar-refractivity contribution in [1.29, 1.82) is 0 Å². The Morgan fingerprint density at radius 1 is 1.09 bits per heavy atom. The molecule has 1 aromatic carbocycles. The van der Waals surface area contributed by atoms with Gasteiger partial charge in [0.05, 0.1) is 0 Å². The highest BCUT2D eigenvalue weighted by Gasteiger charge is 2.09. The molecular weight excluding hydrogens is 304 g/mol. The number of carbonyl (C=O) groups is 2. The number of hydrogen-bond donors (Lipinski definition) is 3. The molecule has 0 saturated carbocycles. The quantitative estimate of drug-likeness (QED) is 0.557. The molecule has 2 aromatic rings. The largest absolute Gasteiger partial charge is 0.301 e. The Hall–Kier alpha value is -2.58. The van der Waals surface area contributed by atoms with Gasteiger partial charge in [-0.1, -0.05) is 47.7 Å². The molecule has 0 radical (unpaired) electrons. The van der Waals surface area contributed by atoms with Gasteiger partial charge >= 0.3 is 0 Å². The first kappa shape index (κ1) is 15.8. The minimum Gasteiger partial charge on any atom is -0.301 e. The molecule has 22 heavy (non-hydrogen) atoms. The SMILES string of the molecule is O=C(CCC(=O)Nc1nnc(/C=C/c2ccccc2)s1)NO. The maximum Gasteiger partial charge on any atom is 0.243 e. The van der Waals surface area contributed by atoms with Crippen LogP contribution in [0.2, 0.25) is 0 Å². The summed E-state index contributed by atoms with van der Waals surface area (Å²) in [5, 5.41) is 19.7. The van der Waals surface area contributed by atoms with Crippen LogP contribution in [0.25, 0.3) is 12.2 Å². The van der Waals surface area contributed by atoms with Gasteiger partial charge in [-0.2, -0.15) is 0 Å². The van der Waals surface area contributed by atoms with Crippen LogP contribution in [-0.4, -0.2) is 27.2 Å². The van der Waals surface area contributed by atoms with Crippen molar-refractivity contribution >= 4 is 40.4 Å². The predicted molar refractivity (Wildman–Crippen MR) is 83.1 cm³/mol. The summed E-state index contributed by atoms with van der Waals surface area (Å²) >= 11 is 1.23. The molecule has 0 aliphatic heterocycles. The monoisotopic (exact) mass is 318 g/mol. The molecule has 8 heteroatoms. The van der Waals surface area contributed by atoms with Gasteiger partial charge in [0.1, 0.15) is 5.01 Å². The maximum absolute atomic E-state index is 11.6. The Kier molecular flexibility index (Phi) is 5.75. The van der Waals surface area contributed by atoms with Crippen molar-refractivity contribution in [2.24, 2.45) is 0 Å². The lowest BCUT2D eigenvalue weighted by Crippen LogP contribution is -2.21. The van der Waals surface area contributed by atoms with E-state index in [1.807, 2.05) is 42.5 Å². The van der Waals surface area contributed by atoms with Gasteiger partial charge in [-0.25, -0.2) is 5.48 Å². The number of nitrogens with one attached hydrogen (secondary N) is 2. The molecule has 1 aromatic heterocycles. The third-order valence-corrected chi connectivity index (χ3v) is 3.41. The molecule has 0 fully saturated rings. The van der Waals surface area contributed by atoms with Crippen LogP contribution < -0.4 is 10.8 Å². The molecule has 0 spiro atoms. The number of hydrogen-bond acceptors (Lipinski definition) is 6. The third kappa shape index (κ3) is 5.08. The van der Waals surface area contributed by atoms with Crippen LogP contribution in [-0.2, 0) is 9.59 Å². The lowest BCUT2D eigenvalue weighted by molar-refractivity contribution is -0.131. The van der Waals surface area contributed by atoms with Gasteiger partial charge in [0, 0.05) is 12.8 Å². The molecule has 114 valence electrons. The van der Waals surface area contributed by atoms with Gasteiger partial charge in [0.2, 0.25) is 16.9 Å². The minimum absolute atomic E-state index is 0.0405. The Labute approximate surface area is 130 Å². The van der Waals surface area contributed by atoms with E-state index in [0.29, 0.717) is 10.1 Å². The molecule has 0 saturated heterocycles. The second kappa shape index (κ2) is 8.01. The Morgan fingerprint density at radius 2 is 1.82 bits per heavy atom. The van der Waals surface area contributed by atoms with Crippen LogP contribution in [0, 0.1) is 0 Å². The zero-order valence-corrected chi connectivity index (χ0v) is 12.3. The van der Waals surface area contributed by atoms with Crippen LogP contribution >= 0.6 is 11.3 Å². The molecule has 0 atom stereocenters. The first-order valence-electron chi connectivity index (χ1n) is 6.47. The van der Waals surface area contributed by atoms with Gasteiger partial charge in [-0.05, 0) is 11.6 Å². The second-order valence-corrected chi connectivity index (χ2v) is 5.28. The van der Waals surface area contributed by atoms with E-state index < -0.39 is 5.91 Å². The van der Waals surface area contributed by atoms with E-state index in [1.165, 1.54) is 16.8 Å². The predicted octanol–water partition coefficient (Wildman–Crippen LogP) is 1.93. The molecule has 0 aliphatic rings. The number of anilines is 1. The van der Waals surface area contributed by atoms with Gasteiger partial charge in [0.25, 0.3) is 0 Å². The Morgan fingerprint density at radius 3 is 2.55 bits per heavy atom. The lowest BCUT2D eigenvalue weighted by Gasteiger charge is -1.99. The molecule has 0 bridgehead atoms. The van der Waals surface area contributed by atoms with Crippen molar-refractivity contribution < 1.29 is 14.8 Å². The van der Waals surface area contributed by atoms with E-state index in [1.54, 1.807) is 0 Å². The van der Waals surface area contributed by atoms with Crippen molar-refractivity contribution in [3.05, 3.63) is 40.9 Å². The molecule has 0 unspecified atom stereocenters. The first-order chi connectivity index (χ1) is 10.7. The Bertz CT molecular complexity index is 670. The van der Waals surface area contributed by atoms with Gasteiger partial charge < -0.3 is 5.32 Å². The smallest absolute Gasteiger partial charge is 0.243 e. The number of benzene rings is 1. The fourth-order valence-corrected chi connectivity index (χ4v) is 2.21. The topological polar surface area (TPSA) is 104 Å². The zero-order chi connectivity index (χ0) is 15.8. The van der Waals surface area contributed by atoms with Crippen molar-refractivity contribution in [2.45, 2.75) is 12.8 Å². The summed E-state index contributed by atoms with van der Waals surface area (Å²) in [5.41, 5.74) is 2.51.